The Morgan fingerprint density at radius 1 is 1.03 bits per heavy atom. The van der Waals surface area contributed by atoms with Crippen LogP contribution in [0.2, 0.25) is 0 Å². The summed E-state index contributed by atoms with van der Waals surface area (Å²) in [5.74, 6) is 2.19. The Morgan fingerprint density at radius 2 is 1.78 bits per heavy atom. The van der Waals surface area contributed by atoms with E-state index in [9.17, 15) is 4.79 Å². The summed E-state index contributed by atoms with van der Waals surface area (Å²) in [5.41, 5.74) is 2.06. The van der Waals surface area contributed by atoms with Gasteiger partial charge in [-0.05, 0) is 42.3 Å². The number of hydrogen-bond acceptors (Lipinski definition) is 6. The predicted octanol–water partition coefficient (Wildman–Crippen LogP) is 2.98. The van der Waals surface area contributed by atoms with E-state index >= 15 is 0 Å². The molecule has 2 aromatic carbocycles. The molecule has 8 nitrogen and oxygen atoms in total. The fourth-order valence-corrected chi connectivity index (χ4v) is 3.69. The first kappa shape index (κ1) is 23.7. The van der Waals surface area contributed by atoms with Crippen LogP contribution in [0.4, 0.5) is 4.79 Å². The maximum absolute atomic E-state index is 12.5. The standard InChI is InChI=1S/C24H33N3O5/c1-4-32-22-10-7-19(15-23(22)30-3)21(27-11-13-31-14-12-27)17-26-24(28)25-16-18-5-8-20(29-2)9-6-18/h5-10,15,21H,4,11-14,16-17H2,1-3H3,(H2,25,26,28). The van der Waals surface area contributed by atoms with Crippen LogP contribution >= 0.6 is 0 Å². The van der Waals surface area contributed by atoms with E-state index < -0.39 is 0 Å². The first-order chi connectivity index (χ1) is 15.6. The highest BCUT2D eigenvalue weighted by Crippen LogP contribution is 2.32. The van der Waals surface area contributed by atoms with E-state index in [4.69, 9.17) is 18.9 Å². The molecule has 0 aliphatic carbocycles. The van der Waals surface area contributed by atoms with Crippen LogP contribution in [0.15, 0.2) is 42.5 Å². The zero-order valence-corrected chi connectivity index (χ0v) is 19.1. The largest absolute Gasteiger partial charge is 0.497 e. The number of hydrogen-bond donors (Lipinski definition) is 2. The summed E-state index contributed by atoms with van der Waals surface area (Å²) in [5, 5.41) is 5.94. The fraction of sp³-hybridized carbons (Fsp3) is 0.458. The molecule has 1 aliphatic heterocycles. The van der Waals surface area contributed by atoms with Crippen LogP contribution in [-0.4, -0.2) is 64.6 Å². The van der Waals surface area contributed by atoms with Gasteiger partial charge in [0.15, 0.2) is 11.5 Å². The number of carbonyl (C=O) groups is 1. The molecule has 1 fully saturated rings. The third-order valence-corrected chi connectivity index (χ3v) is 5.43. The molecule has 0 radical (unpaired) electrons. The van der Waals surface area contributed by atoms with E-state index in [1.54, 1.807) is 14.2 Å². The van der Waals surface area contributed by atoms with Crippen LogP contribution in [0.1, 0.15) is 24.1 Å². The third-order valence-electron chi connectivity index (χ3n) is 5.43. The van der Waals surface area contributed by atoms with Crippen LogP contribution in [0.3, 0.4) is 0 Å². The molecule has 174 valence electrons. The van der Waals surface area contributed by atoms with E-state index in [0.717, 1.165) is 30.0 Å². The van der Waals surface area contributed by atoms with Gasteiger partial charge in [-0.15, -0.1) is 0 Å². The van der Waals surface area contributed by atoms with Crippen molar-refractivity contribution in [1.82, 2.24) is 15.5 Å². The second-order valence-corrected chi connectivity index (χ2v) is 7.42. The molecule has 1 aliphatic rings. The van der Waals surface area contributed by atoms with Crippen molar-refractivity contribution in [2.24, 2.45) is 0 Å². The van der Waals surface area contributed by atoms with Crippen LogP contribution in [0.25, 0.3) is 0 Å². The highest BCUT2D eigenvalue weighted by Gasteiger charge is 2.24. The van der Waals surface area contributed by atoms with Gasteiger partial charge in [0, 0.05) is 26.2 Å². The minimum Gasteiger partial charge on any atom is -0.497 e. The van der Waals surface area contributed by atoms with Crippen molar-refractivity contribution in [2.45, 2.75) is 19.5 Å². The molecular formula is C24H33N3O5. The molecular weight excluding hydrogens is 410 g/mol. The number of ether oxygens (including phenoxy) is 4. The summed E-state index contributed by atoms with van der Waals surface area (Å²) in [6, 6.07) is 13.4. The summed E-state index contributed by atoms with van der Waals surface area (Å²) in [6.45, 7) is 6.37. The lowest BCUT2D eigenvalue weighted by Crippen LogP contribution is -2.45. The number of methoxy groups -OCH3 is 2. The van der Waals surface area contributed by atoms with Crippen LogP contribution in [0.5, 0.6) is 17.2 Å². The third kappa shape index (κ3) is 6.51. The van der Waals surface area contributed by atoms with E-state index in [2.05, 4.69) is 15.5 Å². The quantitative estimate of drug-likeness (QED) is 0.588. The number of benzene rings is 2. The Balaban J connectivity index is 1.64. The van der Waals surface area contributed by atoms with Gasteiger partial charge in [-0.1, -0.05) is 18.2 Å². The second kappa shape index (κ2) is 12.2. The van der Waals surface area contributed by atoms with Gasteiger partial charge in [0.25, 0.3) is 0 Å². The van der Waals surface area contributed by atoms with E-state index in [1.165, 1.54) is 0 Å². The van der Waals surface area contributed by atoms with Crippen LogP contribution in [0, 0.1) is 0 Å². The van der Waals surface area contributed by atoms with Crippen molar-refractivity contribution >= 4 is 6.03 Å². The van der Waals surface area contributed by atoms with Crippen LogP contribution < -0.4 is 24.8 Å². The molecule has 1 unspecified atom stereocenters. The van der Waals surface area contributed by atoms with Crippen LogP contribution in [-0.2, 0) is 11.3 Å². The van der Waals surface area contributed by atoms with Crippen molar-refractivity contribution in [2.75, 3.05) is 53.7 Å². The van der Waals surface area contributed by atoms with Gasteiger partial charge in [0.05, 0.1) is 40.1 Å². The SMILES string of the molecule is CCOc1ccc(C(CNC(=O)NCc2ccc(OC)cc2)N2CCOCC2)cc1OC. The number of morpholine rings is 1. The summed E-state index contributed by atoms with van der Waals surface area (Å²) >= 11 is 0. The van der Waals surface area contributed by atoms with Gasteiger partial charge in [-0.2, -0.15) is 0 Å². The zero-order chi connectivity index (χ0) is 22.8. The normalized spacial score (nSPS) is 15.0. The highest BCUT2D eigenvalue weighted by molar-refractivity contribution is 5.73. The molecule has 1 atom stereocenters. The molecule has 1 heterocycles. The lowest BCUT2D eigenvalue weighted by molar-refractivity contribution is 0.0166. The maximum atomic E-state index is 12.5. The Bertz CT molecular complexity index is 853. The molecule has 8 heteroatoms. The first-order valence-corrected chi connectivity index (χ1v) is 10.9. The Morgan fingerprint density at radius 3 is 2.44 bits per heavy atom. The Kier molecular flexibility index (Phi) is 9.01. The average molecular weight is 444 g/mol. The number of urea groups is 1. The molecule has 2 N–H and O–H groups in total. The number of carbonyl (C=O) groups excluding carboxylic acids is 1. The summed E-state index contributed by atoms with van der Waals surface area (Å²) in [7, 11) is 3.27. The lowest BCUT2D eigenvalue weighted by Gasteiger charge is -2.35. The van der Waals surface area contributed by atoms with Crippen molar-refractivity contribution < 1.29 is 23.7 Å². The first-order valence-electron chi connectivity index (χ1n) is 10.9. The van der Waals surface area contributed by atoms with Gasteiger partial charge in [0.1, 0.15) is 5.75 Å². The molecule has 0 aromatic heterocycles. The van der Waals surface area contributed by atoms with Crippen molar-refractivity contribution in [3.05, 3.63) is 53.6 Å². The van der Waals surface area contributed by atoms with Crippen molar-refractivity contribution in [3.63, 3.8) is 0 Å². The van der Waals surface area contributed by atoms with E-state index in [0.29, 0.717) is 44.4 Å². The van der Waals surface area contributed by atoms with Gasteiger partial charge in [-0.3, -0.25) is 4.90 Å². The monoisotopic (exact) mass is 443 g/mol. The van der Waals surface area contributed by atoms with E-state index in [-0.39, 0.29) is 12.1 Å². The summed E-state index contributed by atoms with van der Waals surface area (Å²) in [6.07, 6.45) is 0. The molecule has 1 saturated heterocycles. The molecule has 2 aromatic rings. The van der Waals surface area contributed by atoms with Crippen molar-refractivity contribution in [3.8, 4) is 17.2 Å². The number of nitrogens with zero attached hydrogens (tertiary/aromatic N) is 1. The predicted molar refractivity (Wildman–Crippen MR) is 123 cm³/mol. The minimum absolute atomic E-state index is 0.00443. The molecule has 0 saturated carbocycles. The minimum atomic E-state index is -0.211. The average Bonchev–Trinajstić information content (AvgIpc) is 2.84. The highest BCUT2D eigenvalue weighted by atomic mass is 16.5. The Hall–Kier alpha value is -2.97. The lowest BCUT2D eigenvalue weighted by atomic mass is 10.0. The maximum Gasteiger partial charge on any atom is 0.315 e. The molecule has 3 rings (SSSR count). The topological polar surface area (TPSA) is 81.3 Å². The summed E-state index contributed by atoms with van der Waals surface area (Å²) < 4.78 is 21.9. The number of nitrogens with one attached hydrogen (secondary N) is 2. The smallest absolute Gasteiger partial charge is 0.315 e. The molecule has 2 amide bonds. The molecule has 32 heavy (non-hydrogen) atoms. The number of amides is 2. The summed E-state index contributed by atoms with van der Waals surface area (Å²) in [4.78, 5) is 14.8. The fourth-order valence-electron chi connectivity index (χ4n) is 3.69. The van der Waals surface area contributed by atoms with E-state index in [1.807, 2.05) is 49.4 Å². The van der Waals surface area contributed by atoms with Gasteiger partial charge in [-0.25, -0.2) is 4.79 Å². The van der Waals surface area contributed by atoms with Gasteiger partial charge >= 0.3 is 6.03 Å². The van der Waals surface area contributed by atoms with Gasteiger partial charge in [0.2, 0.25) is 0 Å². The molecule has 0 bridgehead atoms. The zero-order valence-electron chi connectivity index (χ0n) is 19.1. The van der Waals surface area contributed by atoms with Crippen molar-refractivity contribution in [1.29, 1.82) is 0 Å². The molecule has 0 spiro atoms. The number of rotatable bonds is 10. The van der Waals surface area contributed by atoms with Gasteiger partial charge < -0.3 is 29.6 Å². The second-order valence-electron chi connectivity index (χ2n) is 7.42. The Labute approximate surface area is 189 Å².